The van der Waals surface area contributed by atoms with Gasteiger partial charge in [0.1, 0.15) is 42.3 Å². The Morgan fingerprint density at radius 1 is 0.405 bits per heavy atom. The molecule has 3 heterocycles. The van der Waals surface area contributed by atoms with E-state index in [0.717, 1.165) is 58.5 Å². The van der Waals surface area contributed by atoms with Crippen LogP contribution in [0.25, 0.3) is 0 Å². The number of hydrogen-bond donors (Lipinski definition) is 2. The summed E-state index contributed by atoms with van der Waals surface area (Å²) in [5.41, 5.74) is 2.73. The van der Waals surface area contributed by atoms with Crippen LogP contribution in [0.2, 0.25) is 35.2 Å². The van der Waals surface area contributed by atoms with E-state index in [4.69, 9.17) is 112 Å². The lowest BCUT2D eigenvalue weighted by Crippen LogP contribution is -2.51. The summed E-state index contributed by atoms with van der Waals surface area (Å²) in [6, 6.07) is 26.5. The lowest BCUT2D eigenvalue weighted by Gasteiger charge is -2.35. The van der Waals surface area contributed by atoms with Crippen molar-refractivity contribution in [1.29, 1.82) is 0 Å². The van der Waals surface area contributed by atoms with Gasteiger partial charge in [0.15, 0.2) is 0 Å². The number of halogens is 8. The van der Waals surface area contributed by atoms with Crippen LogP contribution < -0.4 is 15.8 Å². The molecule has 7 aromatic rings. The molecule has 0 unspecified atom stereocenters. The highest BCUT2D eigenvalue weighted by Gasteiger charge is 2.38. The van der Waals surface area contributed by atoms with Gasteiger partial charge in [0.05, 0.1) is 55.4 Å². The van der Waals surface area contributed by atoms with E-state index in [9.17, 15) is 93.8 Å². The summed E-state index contributed by atoms with van der Waals surface area (Å²) in [5.74, 6) is 0.0816. The lowest BCUT2D eigenvalue weighted by atomic mass is 10.2. The maximum Gasteiger partial charge on any atom is 0.410 e. The zero-order valence-electron chi connectivity index (χ0n) is 59.1. The van der Waals surface area contributed by atoms with Crippen molar-refractivity contribution < 1.29 is 82.1 Å². The number of nitrogens with two attached hydrogens (primary N) is 1. The number of nitrogens with one attached hydrogen (secondary N) is 1. The molecule has 35 nitrogen and oxygen atoms in total. The van der Waals surface area contributed by atoms with E-state index in [1.54, 1.807) is 65.8 Å². The second kappa shape index (κ2) is 44.2. The molecule has 0 saturated carbocycles. The van der Waals surface area contributed by atoms with Gasteiger partial charge >= 0.3 is 12.2 Å². The second-order valence-corrected chi connectivity index (χ2v) is 37.4. The van der Waals surface area contributed by atoms with E-state index in [-0.39, 0.29) is 175 Å². The number of nitro groups is 5. The van der Waals surface area contributed by atoms with Crippen LogP contribution in [0.3, 0.4) is 0 Å². The van der Waals surface area contributed by atoms with Gasteiger partial charge in [0.2, 0.25) is 30.1 Å². The van der Waals surface area contributed by atoms with Crippen LogP contribution in [0.5, 0.6) is 11.5 Å². The third kappa shape index (κ3) is 29.5. The van der Waals surface area contributed by atoms with Crippen LogP contribution in [-0.4, -0.2) is 183 Å². The van der Waals surface area contributed by atoms with Gasteiger partial charge in [0.25, 0.3) is 37.5 Å². The minimum Gasteiger partial charge on any atom is -0.454 e. The summed E-state index contributed by atoms with van der Waals surface area (Å²) < 4.78 is 120. The molecule has 3 aliphatic heterocycles. The molecular weight excluding hydrogens is 1800 g/mol. The number of carbonyl (C=O) groups is 2. The smallest absolute Gasteiger partial charge is 0.410 e. The number of carbonyl (C=O) groups excluding carboxylic acids is 2. The zero-order chi connectivity index (χ0) is 83.9. The molecule has 7 aromatic carbocycles. The largest absolute Gasteiger partial charge is 0.454 e. The standard InChI is InChI=1S/C21H23Cl2N3O6S2.C16H15Cl2N3O5S.C15H20ClN3O6S.C6H3Cl2NO4S.C6H5ClN2O2.4CH4/c1-21(2,3)32-20(27)24-8-10-25(11-9-24)34(30,31)19-13-15(26(28)29)5-7-17(19)33-18-12-14(22)4-6-16(18)23;17-11-1-3-13(18)15(9-11)26-14-4-2-12(21(22)23)10-16(14)27(24,25)20-7-5-19-6-8-20;1-15(2,3)25-14(20)17-6-8-18(9-7-17)26(23,24)13-10-11(19(21)22)4-5-12(13)16;7-5-2-1-4(9(10)11)3-6(5)14(8,12)13;7-5-2-1-4(9(10)11)3-6(5)8;;;;/h4-7,12-13H,8-11H2,1-3H3;1-4,9-10,19H,5-8H2;4-5,10H,6-9H2,1-3H3;1-3H;1-3H,8H2;4*1H4. The van der Waals surface area contributed by atoms with Crippen LogP contribution in [0, 0.1) is 50.6 Å². The van der Waals surface area contributed by atoms with E-state index >= 15 is 0 Å². The number of hydrogen-bond acceptors (Lipinski definition) is 26. The van der Waals surface area contributed by atoms with Gasteiger partial charge in [-0.3, -0.25) is 50.6 Å². The first-order valence-corrected chi connectivity index (χ1v) is 42.0. The molecule has 0 aliphatic carbocycles. The van der Waals surface area contributed by atoms with Gasteiger partial charge in [-0.05, 0) is 102 Å². The fourth-order valence-corrected chi connectivity index (χ4v) is 18.3. The Labute approximate surface area is 714 Å². The highest BCUT2D eigenvalue weighted by Crippen LogP contribution is 2.42. The summed E-state index contributed by atoms with van der Waals surface area (Å²) in [4.78, 5) is 77.3. The first-order valence-electron chi connectivity index (χ1n) is 31.9. The van der Waals surface area contributed by atoms with Gasteiger partial charge in [-0.1, -0.05) is 123 Å². The van der Waals surface area contributed by atoms with Gasteiger partial charge in [-0.15, -0.1) is 0 Å². The number of amides is 2. The van der Waals surface area contributed by atoms with E-state index in [0.29, 0.717) is 38.1 Å². The van der Waals surface area contributed by atoms with Crippen LogP contribution in [-0.2, 0) is 48.6 Å². The van der Waals surface area contributed by atoms with E-state index in [1.165, 1.54) is 79.1 Å². The molecule has 3 aliphatic rings. The number of nitrogens with zero attached hydrogens (tertiary/aromatic N) is 10. The average molecular weight is 1880 g/mol. The molecule has 3 N–H and O–H groups in total. The number of nitro benzene ring substituents is 5. The maximum atomic E-state index is 13.5. The number of nitrogen functional groups attached to an aromatic ring is 1. The first-order chi connectivity index (χ1) is 51.9. The normalized spacial score (nSPS) is 14.0. The summed E-state index contributed by atoms with van der Waals surface area (Å²) in [6.45, 7) is 12.7. The Balaban J connectivity index is 0.000000510. The molecule has 2 amide bonds. The second-order valence-electron chi connectivity index (χ2n) is 25.2. The third-order valence-corrected chi connectivity index (χ3v) is 25.8. The molecule has 0 atom stereocenters. The number of piperazine rings is 3. The van der Waals surface area contributed by atoms with Gasteiger partial charge in [-0.2, -0.15) is 12.9 Å². The Morgan fingerprint density at radius 3 is 1.16 bits per heavy atom. The molecule has 638 valence electrons. The average Bonchev–Trinajstić information content (AvgIpc) is 0.786. The summed E-state index contributed by atoms with van der Waals surface area (Å²) >= 11 is 42.3. The van der Waals surface area contributed by atoms with E-state index in [1.807, 2.05) is 0 Å². The number of benzene rings is 7. The van der Waals surface area contributed by atoms with Gasteiger partial charge < -0.3 is 35.1 Å². The Morgan fingerprint density at radius 2 is 0.741 bits per heavy atom. The van der Waals surface area contributed by atoms with Crippen molar-refractivity contribution in [3.8, 4) is 11.5 Å². The minimum atomic E-state index is -4.12. The monoisotopic (exact) mass is 1870 g/mol. The number of anilines is 1. The lowest BCUT2D eigenvalue weighted by molar-refractivity contribution is -0.385. The van der Waals surface area contributed by atoms with Crippen LogP contribution in [0.15, 0.2) is 157 Å². The molecule has 0 bridgehead atoms. The summed E-state index contributed by atoms with van der Waals surface area (Å²) in [5, 5.41) is 58.4. The van der Waals surface area contributed by atoms with Crippen molar-refractivity contribution in [2.45, 2.75) is 112 Å². The third-order valence-electron chi connectivity index (χ3n) is 14.9. The topological polar surface area (TPSA) is 468 Å². The number of non-ortho nitro benzene ring substituents is 5. The molecule has 0 spiro atoms. The Kier molecular flexibility index (Phi) is 39.6. The molecule has 116 heavy (non-hydrogen) atoms. The molecule has 3 fully saturated rings. The summed E-state index contributed by atoms with van der Waals surface area (Å²) in [6.07, 6.45) is -1.03. The van der Waals surface area contributed by atoms with Crippen molar-refractivity contribution in [3.05, 3.63) is 213 Å². The maximum absolute atomic E-state index is 13.5. The predicted molar refractivity (Wildman–Crippen MR) is 447 cm³/mol. The van der Waals surface area contributed by atoms with Crippen LogP contribution in [0.4, 0.5) is 43.7 Å². The molecule has 48 heteroatoms. The Bertz CT molecular complexity index is 5210. The van der Waals surface area contributed by atoms with Gasteiger partial charge in [0, 0.05) is 176 Å². The predicted octanol–water partition coefficient (Wildman–Crippen LogP) is 17.6. The molecule has 0 radical (unpaired) electrons. The molecule has 10 rings (SSSR count). The quantitative estimate of drug-likeness (QED) is 0.0393. The highest BCUT2D eigenvalue weighted by atomic mass is 35.7. The fourth-order valence-electron chi connectivity index (χ4n) is 9.56. The summed E-state index contributed by atoms with van der Waals surface area (Å²) in [7, 11) is -11.2. The first kappa shape index (κ1) is 104. The number of ether oxygens (including phenoxy) is 3. The minimum absolute atomic E-state index is 0. The fraction of sp³-hybridized carbons (Fsp3) is 0.353. The van der Waals surface area contributed by atoms with E-state index in [2.05, 4.69) is 5.32 Å². The SMILES string of the molecule is C.C.C.C.CC(C)(C)OC(=O)N1CCN(S(=O)(=O)c2cc([N+](=O)[O-])ccc2Cl)CC1.CC(C)(C)OC(=O)N1CCN(S(=O)(=O)c2cc([N+](=O)[O-])ccc2Sc2cc(Cl)ccc2Cl)CC1.Nc1cc([N+](=O)[O-])ccc1Cl.O=[N+]([O-])c1ccc(Cl)c(S(=O)(=O)Cl)c1.O=[N+]([O-])c1ccc(Oc2cc(Cl)ccc2Cl)c(S(=O)(=O)N2CCNCC2)c1. The van der Waals surface area contributed by atoms with Crippen molar-refractivity contribution in [1.82, 2.24) is 28.0 Å². The Hall–Kier alpha value is -8.01. The number of rotatable bonds is 16. The number of sulfonamides is 3. The van der Waals surface area contributed by atoms with Gasteiger partial charge in [-0.25, -0.2) is 43.3 Å². The molecule has 3 saturated heterocycles. The van der Waals surface area contributed by atoms with Crippen molar-refractivity contribution >= 4 is 189 Å². The zero-order valence-corrected chi connectivity index (χ0v) is 69.2. The van der Waals surface area contributed by atoms with Crippen molar-refractivity contribution in [2.75, 3.05) is 84.3 Å². The van der Waals surface area contributed by atoms with Crippen molar-refractivity contribution in [2.24, 2.45) is 0 Å². The van der Waals surface area contributed by atoms with Crippen LogP contribution >= 0.6 is 104 Å². The molecular formula is C68H82Cl8N12O23S5. The highest BCUT2D eigenvalue weighted by molar-refractivity contribution is 8.13. The van der Waals surface area contributed by atoms with E-state index < -0.39 is 92.0 Å². The van der Waals surface area contributed by atoms with Crippen LogP contribution in [0.1, 0.15) is 71.2 Å². The van der Waals surface area contributed by atoms with Crippen molar-refractivity contribution in [3.63, 3.8) is 0 Å². The molecule has 0 aromatic heterocycles.